The molecule has 0 aromatic heterocycles. The minimum absolute atomic E-state index is 0.105. The zero-order valence-corrected chi connectivity index (χ0v) is 13.0. The van der Waals surface area contributed by atoms with E-state index in [0.29, 0.717) is 11.3 Å². The number of carbonyl (C=O) groups excluding carboxylic acids is 1. The van der Waals surface area contributed by atoms with Gasteiger partial charge < -0.3 is 11.1 Å². The first-order valence-corrected chi connectivity index (χ1v) is 7.05. The molecule has 0 aliphatic heterocycles. The predicted molar refractivity (Wildman–Crippen MR) is 88.7 cm³/mol. The summed E-state index contributed by atoms with van der Waals surface area (Å²) < 4.78 is 0. The molecule has 0 aliphatic rings. The highest BCUT2D eigenvalue weighted by Gasteiger charge is 2.13. The van der Waals surface area contributed by atoms with Crippen molar-refractivity contribution in [3.63, 3.8) is 0 Å². The van der Waals surface area contributed by atoms with E-state index in [0.717, 1.165) is 11.3 Å². The van der Waals surface area contributed by atoms with E-state index in [-0.39, 0.29) is 11.3 Å². The molecule has 0 radical (unpaired) electrons. The summed E-state index contributed by atoms with van der Waals surface area (Å²) in [4.78, 5) is 12.2. The molecule has 0 aliphatic carbocycles. The normalized spacial score (nSPS) is 11.2. The number of nitrogens with two attached hydrogens (primary N) is 1. The Morgan fingerprint density at radius 2 is 1.67 bits per heavy atom. The Morgan fingerprint density at radius 3 is 2.19 bits per heavy atom. The maximum atomic E-state index is 12.2. The first-order valence-electron chi connectivity index (χ1n) is 7.05. The lowest BCUT2D eigenvalue weighted by Gasteiger charge is -2.19. The van der Waals surface area contributed by atoms with Crippen LogP contribution >= 0.6 is 0 Å². The van der Waals surface area contributed by atoms with E-state index in [4.69, 9.17) is 5.73 Å². The molecule has 3 nitrogen and oxygen atoms in total. The number of hydrogen-bond acceptors (Lipinski definition) is 2. The maximum Gasteiger partial charge on any atom is 0.255 e. The van der Waals surface area contributed by atoms with Crippen LogP contribution in [0.15, 0.2) is 42.5 Å². The van der Waals surface area contributed by atoms with Crippen molar-refractivity contribution in [2.75, 3.05) is 11.1 Å². The van der Waals surface area contributed by atoms with E-state index in [1.165, 1.54) is 5.56 Å². The van der Waals surface area contributed by atoms with Gasteiger partial charge >= 0.3 is 0 Å². The van der Waals surface area contributed by atoms with Crippen LogP contribution in [0.25, 0.3) is 0 Å². The second-order valence-electron chi connectivity index (χ2n) is 6.41. The molecule has 1 amide bonds. The molecule has 110 valence electrons. The molecule has 0 unspecified atom stereocenters. The largest absolute Gasteiger partial charge is 0.399 e. The molecule has 0 atom stereocenters. The van der Waals surface area contributed by atoms with Gasteiger partial charge in [0.25, 0.3) is 5.91 Å². The molecule has 0 bridgehead atoms. The minimum atomic E-state index is -0.145. The van der Waals surface area contributed by atoms with Gasteiger partial charge in [0.15, 0.2) is 0 Å². The molecule has 0 spiro atoms. The van der Waals surface area contributed by atoms with Gasteiger partial charge in [-0.3, -0.25) is 4.79 Å². The molecular weight excluding hydrogens is 260 g/mol. The van der Waals surface area contributed by atoms with Crippen molar-refractivity contribution in [1.82, 2.24) is 0 Å². The summed E-state index contributed by atoms with van der Waals surface area (Å²) in [6, 6.07) is 13.3. The smallest absolute Gasteiger partial charge is 0.255 e. The van der Waals surface area contributed by atoms with E-state index in [9.17, 15) is 4.79 Å². The third kappa shape index (κ3) is 3.85. The number of anilines is 2. The molecule has 3 heteroatoms. The fraction of sp³-hybridized carbons (Fsp3) is 0.278. The SMILES string of the molecule is Cc1cc(N)cc(C(=O)Nc2ccc(C(C)(C)C)cc2)c1. The standard InChI is InChI=1S/C18H22N2O/c1-12-9-13(11-15(19)10-12)17(21)20-16-7-5-14(6-8-16)18(2,3)4/h5-11H,19H2,1-4H3,(H,20,21). The van der Waals surface area contributed by atoms with Crippen LogP contribution in [-0.2, 0) is 5.41 Å². The summed E-state index contributed by atoms with van der Waals surface area (Å²) in [5.74, 6) is -0.145. The zero-order valence-electron chi connectivity index (χ0n) is 13.0. The van der Waals surface area contributed by atoms with Crippen molar-refractivity contribution in [3.8, 4) is 0 Å². The van der Waals surface area contributed by atoms with Gasteiger partial charge in [-0.1, -0.05) is 32.9 Å². The van der Waals surface area contributed by atoms with Crippen LogP contribution in [-0.4, -0.2) is 5.91 Å². The first-order chi connectivity index (χ1) is 9.75. The van der Waals surface area contributed by atoms with Crippen LogP contribution in [0.5, 0.6) is 0 Å². The quantitative estimate of drug-likeness (QED) is 0.814. The molecule has 3 N–H and O–H groups in total. The number of hydrogen-bond donors (Lipinski definition) is 2. The number of benzene rings is 2. The van der Waals surface area contributed by atoms with E-state index < -0.39 is 0 Å². The summed E-state index contributed by atoms with van der Waals surface area (Å²) in [6.07, 6.45) is 0. The number of amides is 1. The van der Waals surface area contributed by atoms with Crippen LogP contribution in [0.3, 0.4) is 0 Å². The molecule has 2 aromatic rings. The average Bonchev–Trinajstić information content (AvgIpc) is 2.37. The topological polar surface area (TPSA) is 55.1 Å². The van der Waals surface area contributed by atoms with Gasteiger partial charge in [0.2, 0.25) is 0 Å². The number of rotatable bonds is 2. The van der Waals surface area contributed by atoms with Crippen molar-refractivity contribution in [1.29, 1.82) is 0 Å². The fourth-order valence-corrected chi connectivity index (χ4v) is 2.20. The van der Waals surface area contributed by atoms with Crippen molar-refractivity contribution in [3.05, 3.63) is 59.2 Å². The summed E-state index contributed by atoms with van der Waals surface area (Å²) >= 11 is 0. The zero-order chi connectivity index (χ0) is 15.6. The van der Waals surface area contributed by atoms with Gasteiger partial charge in [0.05, 0.1) is 0 Å². The van der Waals surface area contributed by atoms with Crippen LogP contribution < -0.4 is 11.1 Å². The minimum Gasteiger partial charge on any atom is -0.399 e. The van der Waals surface area contributed by atoms with E-state index in [2.05, 4.69) is 26.1 Å². The number of carbonyl (C=O) groups is 1. The highest BCUT2D eigenvalue weighted by atomic mass is 16.1. The van der Waals surface area contributed by atoms with Gasteiger partial charge in [-0.25, -0.2) is 0 Å². The van der Waals surface area contributed by atoms with Gasteiger partial charge in [0, 0.05) is 16.9 Å². The summed E-state index contributed by atoms with van der Waals surface area (Å²) in [5, 5.41) is 2.90. The molecule has 0 heterocycles. The second-order valence-corrected chi connectivity index (χ2v) is 6.41. The lowest BCUT2D eigenvalue weighted by atomic mass is 9.87. The number of nitrogen functional groups attached to an aromatic ring is 1. The average molecular weight is 282 g/mol. The summed E-state index contributed by atoms with van der Waals surface area (Å²) in [6.45, 7) is 8.41. The van der Waals surface area contributed by atoms with Gasteiger partial charge in [-0.15, -0.1) is 0 Å². The molecule has 2 aromatic carbocycles. The Hall–Kier alpha value is -2.29. The summed E-state index contributed by atoms with van der Waals surface area (Å²) in [7, 11) is 0. The number of aryl methyl sites for hydroxylation is 1. The molecule has 2 rings (SSSR count). The monoisotopic (exact) mass is 282 g/mol. The lowest BCUT2D eigenvalue weighted by molar-refractivity contribution is 0.102. The highest BCUT2D eigenvalue weighted by molar-refractivity contribution is 6.04. The first kappa shape index (κ1) is 15.1. The van der Waals surface area contributed by atoms with Crippen molar-refractivity contribution in [2.45, 2.75) is 33.1 Å². The van der Waals surface area contributed by atoms with Crippen molar-refractivity contribution >= 4 is 17.3 Å². The third-order valence-corrected chi connectivity index (χ3v) is 3.37. The Bertz CT molecular complexity index is 632. The Kier molecular flexibility index (Phi) is 4.03. The van der Waals surface area contributed by atoms with Gasteiger partial charge in [-0.2, -0.15) is 0 Å². The van der Waals surface area contributed by atoms with Crippen LogP contribution in [0.2, 0.25) is 0 Å². The van der Waals surface area contributed by atoms with Gasteiger partial charge in [-0.05, 0) is 53.8 Å². The Labute approximate surface area is 126 Å². The van der Waals surface area contributed by atoms with E-state index >= 15 is 0 Å². The fourth-order valence-electron chi connectivity index (χ4n) is 2.20. The summed E-state index contributed by atoms with van der Waals surface area (Å²) in [5.41, 5.74) is 10.1. The predicted octanol–water partition coefficient (Wildman–Crippen LogP) is 4.13. The molecule has 0 saturated heterocycles. The van der Waals surface area contributed by atoms with Crippen molar-refractivity contribution < 1.29 is 4.79 Å². The van der Waals surface area contributed by atoms with Crippen LogP contribution in [0, 0.1) is 6.92 Å². The van der Waals surface area contributed by atoms with Crippen LogP contribution in [0.4, 0.5) is 11.4 Å². The molecule has 0 fully saturated rings. The number of nitrogens with one attached hydrogen (secondary N) is 1. The maximum absolute atomic E-state index is 12.2. The van der Waals surface area contributed by atoms with Gasteiger partial charge in [0.1, 0.15) is 0 Å². The van der Waals surface area contributed by atoms with Crippen molar-refractivity contribution in [2.24, 2.45) is 0 Å². The lowest BCUT2D eigenvalue weighted by Crippen LogP contribution is -2.14. The highest BCUT2D eigenvalue weighted by Crippen LogP contribution is 2.23. The molecule has 0 saturated carbocycles. The Morgan fingerprint density at radius 1 is 1.05 bits per heavy atom. The van der Waals surface area contributed by atoms with Crippen LogP contribution in [0.1, 0.15) is 42.3 Å². The second kappa shape index (κ2) is 5.60. The Balaban J connectivity index is 2.16. The molecular formula is C18H22N2O. The third-order valence-electron chi connectivity index (χ3n) is 3.37. The van der Waals surface area contributed by atoms with E-state index in [1.54, 1.807) is 6.07 Å². The van der Waals surface area contributed by atoms with E-state index in [1.807, 2.05) is 43.3 Å². The molecule has 21 heavy (non-hydrogen) atoms.